The molecule has 1 heterocycles. The molecule has 1 aliphatic rings. The predicted molar refractivity (Wildman–Crippen MR) is 79.5 cm³/mol. The van der Waals surface area contributed by atoms with Crippen molar-refractivity contribution in [2.24, 2.45) is 5.73 Å². The maximum absolute atomic E-state index is 12.1. The van der Waals surface area contributed by atoms with Crippen LogP contribution in [0.15, 0.2) is 18.2 Å². The fourth-order valence-electron chi connectivity index (χ4n) is 2.41. The van der Waals surface area contributed by atoms with Crippen molar-refractivity contribution < 1.29 is 9.53 Å². The fourth-order valence-corrected chi connectivity index (χ4v) is 2.41. The zero-order valence-corrected chi connectivity index (χ0v) is 12.6. The summed E-state index contributed by atoms with van der Waals surface area (Å²) >= 11 is 0. The van der Waals surface area contributed by atoms with Gasteiger partial charge in [-0.2, -0.15) is 0 Å². The number of ether oxygens (including phenoxy) is 1. The van der Waals surface area contributed by atoms with Crippen molar-refractivity contribution in [2.75, 3.05) is 13.1 Å². The van der Waals surface area contributed by atoms with E-state index >= 15 is 0 Å². The molecule has 0 aromatic heterocycles. The topological polar surface area (TPSA) is 55.6 Å². The Labute approximate surface area is 120 Å². The molecule has 0 radical (unpaired) electrons. The van der Waals surface area contributed by atoms with Crippen LogP contribution in [0.1, 0.15) is 37.5 Å². The van der Waals surface area contributed by atoms with Gasteiger partial charge in [-0.25, -0.2) is 4.79 Å². The molecule has 2 rings (SSSR count). The summed E-state index contributed by atoms with van der Waals surface area (Å²) in [5.41, 5.74) is 8.93. The van der Waals surface area contributed by atoms with Crippen LogP contribution in [0.2, 0.25) is 0 Å². The third-order valence-corrected chi connectivity index (χ3v) is 3.37. The summed E-state index contributed by atoms with van der Waals surface area (Å²) in [6.07, 6.45) is 1.53. The lowest BCUT2D eigenvalue weighted by atomic mass is 9.96. The van der Waals surface area contributed by atoms with Crippen LogP contribution in [-0.4, -0.2) is 29.7 Å². The Hall–Kier alpha value is -1.55. The van der Waals surface area contributed by atoms with E-state index in [0.29, 0.717) is 13.1 Å². The lowest BCUT2D eigenvalue weighted by Gasteiger charge is -2.31. The van der Waals surface area contributed by atoms with E-state index < -0.39 is 5.60 Å². The molecule has 0 aliphatic carbocycles. The van der Waals surface area contributed by atoms with Gasteiger partial charge in [0.05, 0.1) is 0 Å². The highest BCUT2D eigenvalue weighted by molar-refractivity contribution is 5.68. The maximum Gasteiger partial charge on any atom is 0.410 e. The summed E-state index contributed by atoms with van der Waals surface area (Å²) < 4.78 is 5.44. The molecule has 1 aliphatic heterocycles. The number of carbonyl (C=O) groups excluding carboxylic acids is 1. The summed E-state index contributed by atoms with van der Waals surface area (Å²) in [7, 11) is 0. The molecule has 2 N–H and O–H groups in total. The molecule has 1 aromatic carbocycles. The molecule has 0 atom stereocenters. The van der Waals surface area contributed by atoms with Gasteiger partial charge in [0.25, 0.3) is 0 Å². The van der Waals surface area contributed by atoms with Crippen LogP contribution in [-0.2, 0) is 24.1 Å². The standard InChI is InChI=1S/C16H24N2O2/c1-16(2,3)20-15(19)18-9-7-13-5-4-12(6-8-17)10-14(13)11-18/h4-5,10H,6-9,11,17H2,1-3H3. The van der Waals surface area contributed by atoms with Crippen LogP contribution in [0.5, 0.6) is 0 Å². The molecule has 0 bridgehead atoms. The van der Waals surface area contributed by atoms with Gasteiger partial charge in [0.1, 0.15) is 5.60 Å². The molecule has 0 fully saturated rings. The lowest BCUT2D eigenvalue weighted by Crippen LogP contribution is -2.39. The zero-order valence-electron chi connectivity index (χ0n) is 12.6. The molecular weight excluding hydrogens is 252 g/mol. The van der Waals surface area contributed by atoms with Gasteiger partial charge >= 0.3 is 6.09 Å². The average molecular weight is 276 g/mol. The van der Waals surface area contributed by atoms with Crippen molar-refractivity contribution >= 4 is 6.09 Å². The normalized spacial score (nSPS) is 14.9. The Balaban J connectivity index is 2.09. The van der Waals surface area contributed by atoms with Gasteiger partial charge in [0.15, 0.2) is 0 Å². The van der Waals surface area contributed by atoms with E-state index in [0.717, 1.165) is 19.4 Å². The third-order valence-electron chi connectivity index (χ3n) is 3.37. The van der Waals surface area contributed by atoms with E-state index in [-0.39, 0.29) is 6.09 Å². The number of rotatable bonds is 2. The highest BCUT2D eigenvalue weighted by Crippen LogP contribution is 2.22. The smallest absolute Gasteiger partial charge is 0.410 e. The van der Waals surface area contributed by atoms with Crippen LogP contribution >= 0.6 is 0 Å². The first kappa shape index (κ1) is 14.9. The number of amides is 1. The van der Waals surface area contributed by atoms with Crippen molar-refractivity contribution in [3.05, 3.63) is 34.9 Å². The van der Waals surface area contributed by atoms with Crippen LogP contribution in [0.3, 0.4) is 0 Å². The van der Waals surface area contributed by atoms with Crippen LogP contribution in [0, 0.1) is 0 Å². The average Bonchev–Trinajstić information content (AvgIpc) is 2.36. The predicted octanol–water partition coefficient (Wildman–Crippen LogP) is 2.48. The largest absolute Gasteiger partial charge is 0.444 e. The monoisotopic (exact) mass is 276 g/mol. The van der Waals surface area contributed by atoms with Crippen molar-refractivity contribution in [1.82, 2.24) is 4.90 Å². The number of benzene rings is 1. The fraction of sp³-hybridized carbons (Fsp3) is 0.562. The Morgan fingerprint density at radius 2 is 2.10 bits per heavy atom. The Bertz CT molecular complexity index is 492. The number of fused-ring (bicyclic) bond motifs is 1. The summed E-state index contributed by atoms with van der Waals surface area (Å²) in [5.74, 6) is 0. The summed E-state index contributed by atoms with van der Waals surface area (Å²) in [5, 5.41) is 0. The van der Waals surface area contributed by atoms with Crippen molar-refractivity contribution in [3.63, 3.8) is 0 Å². The number of nitrogens with zero attached hydrogens (tertiary/aromatic N) is 1. The molecule has 4 nitrogen and oxygen atoms in total. The van der Waals surface area contributed by atoms with Crippen LogP contribution in [0.4, 0.5) is 4.79 Å². The minimum atomic E-state index is -0.446. The molecule has 0 unspecified atom stereocenters. The summed E-state index contributed by atoms with van der Waals surface area (Å²) in [4.78, 5) is 13.9. The molecule has 20 heavy (non-hydrogen) atoms. The minimum absolute atomic E-state index is 0.229. The number of nitrogens with two attached hydrogens (primary N) is 1. The van der Waals surface area contributed by atoms with Gasteiger partial charge < -0.3 is 15.4 Å². The second-order valence-corrected chi connectivity index (χ2v) is 6.29. The van der Waals surface area contributed by atoms with Crippen molar-refractivity contribution in [1.29, 1.82) is 0 Å². The van der Waals surface area contributed by atoms with Gasteiger partial charge in [0, 0.05) is 13.1 Å². The molecule has 4 heteroatoms. The van der Waals surface area contributed by atoms with Gasteiger partial charge in [-0.05, 0) is 56.8 Å². The van der Waals surface area contributed by atoms with Gasteiger partial charge in [-0.1, -0.05) is 18.2 Å². The maximum atomic E-state index is 12.1. The zero-order chi connectivity index (χ0) is 14.8. The van der Waals surface area contributed by atoms with Crippen LogP contribution < -0.4 is 5.73 Å². The minimum Gasteiger partial charge on any atom is -0.444 e. The molecule has 0 spiro atoms. The van der Waals surface area contributed by atoms with Gasteiger partial charge in [-0.15, -0.1) is 0 Å². The Morgan fingerprint density at radius 1 is 1.35 bits per heavy atom. The molecule has 0 saturated carbocycles. The first-order chi connectivity index (χ1) is 9.39. The Morgan fingerprint density at radius 3 is 2.75 bits per heavy atom. The van der Waals surface area contributed by atoms with Crippen molar-refractivity contribution in [2.45, 2.75) is 45.8 Å². The van der Waals surface area contributed by atoms with E-state index in [2.05, 4.69) is 18.2 Å². The van der Waals surface area contributed by atoms with E-state index in [1.54, 1.807) is 4.90 Å². The highest BCUT2D eigenvalue weighted by Gasteiger charge is 2.25. The van der Waals surface area contributed by atoms with Gasteiger partial charge in [-0.3, -0.25) is 0 Å². The van der Waals surface area contributed by atoms with E-state index in [1.807, 2.05) is 20.8 Å². The first-order valence-electron chi connectivity index (χ1n) is 7.18. The third kappa shape index (κ3) is 3.73. The second-order valence-electron chi connectivity index (χ2n) is 6.29. The van der Waals surface area contributed by atoms with E-state index in [1.165, 1.54) is 16.7 Å². The van der Waals surface area contributed by atoms with Crippen LogP contribution in [0.25, 0.3) is 0 Å². The molecule has 110 valence electrons. The SMILES string of the molecule is CC(C)(C)OC(=O)N1CCc2ccc(CCN)cc2C1. The molecular formula is C16H24N2O2. The van der Waals surface area contributed by atoms with Crippen molar-refractivity contribution in [3.8, 4) is 0 Å². The summed E-state index contributed by atoms with van der Waals surface area (Å²) in [6, 6.07) is 6.46. The molecule has 0 saturated heterocycles. The first-order valence-corrected chi connectivity index (χ1v) is 7.18. The number of carbonyl (C=O) groups is 1. The molecule has 1 aromatic rings. The number of hydrogen-bond acceptors (Lipinski definition) is 3. The van der Waals surface area contributed by atoms with E-state index in [9.17, 15) is 4.79 Å². The quantitative estimate of drug-likeness (QED) is 0.903. The second kappa shape index (κ2) is 5.83. The summed E-state index contributed by atoms with van der Waals surface area (Å²) in [6.45, 7) is 7.67. The highest BCUT2D eigenvalue weighted by atomic mass is 16.6. The molecule has 1 amide bonds. The number of hydrogen-bond donors (Lipinski definition) is 1. The van der Waals surface area contributed by atoms with Gasteiger partial charge in [0.2, 0.25) is 0 Å². The Kier molecular flexibility index (Phi) is 4.33. The lowest BCUT2D eigenvalue weighted by molar-refractivity contribution is 0.0224. The van der Waals surface area contributed by atoms with E-state index in [4.69, 9.17) is 10.5 Å².